The average molecular weight is 327 g/mol. The predicted octanol–water partition coefficient (Wildman–Crippen LogP) is 4.35. The van der Waals surface area contributed by atoms with Crippen LogP contribution in [-0.2, 0) is 9.05 Å². The maximum Gasteiger partial charge on any atom is 0.232 e. The van der Waals surface area contributed by atoms with Crippen molar-refractivity contribution in [1.82, 2.24) is 0 Å². The van der Waals surface area contributed by atoms with Gasteiger partial charge in [0.1, 0.15) is 5.75 Å². The van der Waals surface area contributed by atoms with Gasteiger partial charge in [0.2, 0.25) is 9.05 Å². The van der Waals surface area contributed by atoms with Crippen molar-refractivity contribution in [2.45, 2.75) is 25.7 Å². The van der Waals surface area contributed by atoms with Crippen molar-refractivity contribution in [2.24, 2.45) is 0 Å². The average Bonchev–Trinajstić information content (AvgIpc) is 2.45. The van der Waals surface area contributed by atoms with Gasteiger partial charge < -0.3 is 4.74 Å². The molecule has 0 aromatic heterocycles. The molecule has 2 aromatic carbocycles. The SMILES string of the molecule is O=S(=O)(Cl)CCCCCCOc1cccc2ccccc12. The van der Waals surface area contributed by atoms with Crippen LogP contribution in [-0.4, -0.2) is 20.8 Å². The number of benzene rings is 2. The first-order chi connectivity index (χ1) is 10.1. The van der Waals surface area contributed by atoms with Crippen LogP contribution >= 0.6 is 10.7 Å². The van der Waals surface area contributed by atoms with Gasteiger partial charge in [0, 0.05) is 16.1 Å². The zero-order valence-electron chi connectivity index (χ0n) is 11.8. The van der Waals surface area contributed by atoms with Crippen LogP contribution in [0.25, 0.3) is 10.8 Å². The van der Waals surface area contributed by atoms with Gasteiger partial charge in [-0.2, -0.15) is 0 Å². The molecule has 0 atom stereocenters. The molecule has 0 spiro atoms. The van der Waals surface area contributed by atoms with Crippen molar-refractivity contribution < 1.29 is 13.2 Å². The van der Waals surface area contributed by atoms with E-state index in [0.29, 0.717) is 13.0 Å². The minimum absolute atomic E-state index is 0.0543. The van der Waals surface area contributed by atoms with Gasteiger partial charge in [-0.25, -0.2) is 8.42 Å². The monoisotopic (exact) mass is 326 g/mol. The third-order valence-corrected chi connectivity index (χ3v) is 4.53. The highest BCUT2D eigenvalue weighted by Crippen LogP contribution is 2.25. The second-order valence-electron chi connectivity index (χ2n) is 4.98. The molecule has 0 radical (unpaired) electrons. The maximum atomic E-state index is 10.8. The highest BCUT2D eigenvalue weighted by atomic mass is 35.7. The van der Waals surface area contributed by atoms with Gasteiger partial charge in [-0.15, -0.1) is 0 Å². The number of rotatable bonds is 8. The van der Waals surface area contributed by atoms with E-state index in [4.69, 9.17) is 15.4 Å². The molecule has 0 fully saturated rings. The van der Waals surface area contributed by atoms with Crippen LogP contribution in [0.5, 0.6) is 5.75 Å². The van der Waals surface area contributed by atoms with Crippen LogP contribution in [0, 0.1) is 0 Å². The van der Waals surface area contributed by atoms with Crippen LogP contribution in [0.1, 0.15) is 25.7 Å². The van der Waals surface area contributed by atoms with Gasteiger partial charge in [-0.3, -0.25) is 0 Å². The second kappa shape index (κ2) is 7.66. The molecular formula is C16H19ClO3S. The van der Waals surface area contributed by atoms with Crippen LogP contribution in [0.2, 0.25) is 0 Å². The van der Waals surface area contributed by atoms with Gasteiger partial charge in [0.05, 0.1) is 12.4 Å². The quantitative estimate of drug-likeness (QED) is 0.535. The molecule has 3 nitrogen and oxygen atoms in total. The van der Waals surface area contributed by atoms with E-state index in [2.05, 4.69) is 18.2 Å². The van der Waals surface area contributed by atoms with Crippen LogP contribution in [0.3, 0.4) is 0 Å². The molecule has 0 aliphatic rings. The normalized spacial score (nSPS) is 11.7. The van der Waals surface area contributed by atoms with E-state index >= 15 is 0 Å². The van der Waals surface area contributed by atoms with Crippen LogP contribution in [0.4, 0.5) is 0 Å². The molecule has 2 rings (SSSR count). The fourth-order valence-electron chi connectivity index (χ4n) is 2.23. The number of fused-ring (bicyclic) bond motifs is 1. The summed E-state index contributed by atoms with van der Waals surface area (Å²) in [5, 5.41) is 2.29. The zero-order valence-corrected chi connectivity index (χ0v) is 13.4. The third kappa shape index (κ3) is 5.56. The molecule has 0 bridgehead atoms. The van der Waals surface area contributed by atoms with E-state index in [1.165, 1.54) is 5.39 Å². The lowest BCUT2D eigenvalue weighted by atomic mass is 10.1. The number of hydrogen-bond donors (Lipinski definition) is 0. The Labute approximate surface area is 130 Å². The highest BCUT2D eigenvalue weighted by molar-refractivity contribution is 8.13. The number of hydrogen-bond acceptors (Lipinski definition) is 3. The summed E-state index contributed by atoms with van der Waals surface area (Å²) in [5.41, 5.74) is 0. The third-order valence-electron chi connectivity index (χ3n) is 3.29. The number of halogens is 1. The lowest BCUT2D eigenvalue weighted by molar-refractivity contribution is 0.308. The molecule has 0 saturated carbocycles. The van der Waals surface area contributed by atoms with Crippen molar-refractivity contribution in [3.63, 3.8) is 0 Å². The topological polar surface area (TPSA) is 43.4 Å². The lowest BCUT2D eigenvalue weighted by Gasteiger charge is -2.09. The highest BCUT2D eigenvalue weighted by Gasteiger charge is 2.04. The Morgan fingerprint density at radius 3 is 2.43 bits per heavy atom. The molecule has 2 aromatic rings. The van der Waals surface area contributed by atoms with Crippen molar-refractivity contribution >= 4 is 30.5 Å². The molecule has 0 saturated heterocycles. The largest absolute Gasteiger partial charge is 0.493 e. The molecule has 0 unspecified atom stereocenters. The fraction of sp³-hybridized carbons (Fsp3) is 0.375. The van der Waals surface area contributed by atoms with Gasteiger partial charge in [-0.1, -0.05) is 49.2 Å². The zero-order chi connectivity index (χ0) is 15.1. The summed E-state index contributed by atoms with van der Waals surface area (Å²) >= 11 is 0. The Bertz CT molecular complexity index is 677. The molecule has 0 N–H and O–H groups in total. The molecule has 114 valence electrons. The summed E-state index contributed by atoms with van der Waals surface area (Å²) in [4.78, 5) is 0. The predicted molar refractivity (Wildman–Crippen MR) is 87.6 cm³/mol. The number of ether oxygens (including phenoxy) is 1. The fourth-order valence-corrected chi connectivity index (χ4v) is 3.11. The summed E-state index contributed by atoms with van der Waals surface area (Å²) < 4.78 is 27.4. The van der Waals surface area contributed by atoms with Crippen LogP contribution in [0.15, 0.2) is 42.5 Å². The Morgan fingerprint density at radius 1 is 0.905 bits per heavy atom. The van der Waals surface area contributed by atoms with E-state index < -0.39 is 9.05 Å². The second-order valence-corrected chi connectivity index (χ2v) is 7.88. The first-order valence-corrected chi connectivity index (χ1v) is 9.57. The Morgan fingerprint density at radius 2 is 1.62 bits per heavy atom. The minimum atomic E-state index is -3.34. The van der Waals surface area contributed by atoms with Crippen molar-refractivity contribution in [1.29, 1.82) is 0 Å². The van der Waals surface area contributed by atoms with E-state index in [1.807, 2.05) is 24.3 Å². The van der Waals surface area contributed by atoms with Gasteiger partial charge in [0.15, 0.2) is 0 Å². The van der Waals surface area contributed by atoms with Crippen LogP contribution < -0.4 is 4.74 Å². The van der Waals surface area contributed by atoms with Gasteiger partial charge in [-0.05, 0) is 24.3 Å². The summed E-state index contributed by atoms with van der Waals surface area (Å²) in [6, 6.07) is 14.2. The standard InChI is InChI=1S/C16H19ClO3S/c17-21(18,19)13-6-2-1-5-12-20-16-11-7-9-14-8-3-4-10-15(14)16/h3-4,7-11H,1-2,5-6,12-13H2. The Hall–Kier alpha value is -1.26. The molecule has 0 aliphatic carbocycles. The maximum absolute atomic E-state index is 10.8. The van der Waals surface area contributed by atoms with E-state index in [1.54, 1.807) is 0 Å². The van der Waals surface area contributed by atoms with E-state index in [-0.39, 0.29) is 5.75 Å². The molecule has 5 heteroatoms. The molecule has 0 heterocycles. The van der Waals surface area contributed by atoms with E-state index in [9.17, 15) is 8.42 Å². The Kier molecular flexibility index (Phi) is 5.88. The van der Waals surface area contributed by atoms with Crippen molar-refractivity contribution in [3.05, 3.63) is 42.5 Å². The van der Waals surface area contributed by atoms with Gasteiger partial charge >= 0.3 is 0 Å². The smallest absolute Gasteiger partial charge is 0.232 e. The molecular weight excluding hydrogens is 308 g/mol. The molecule has 21 heavy (non-hydrogen) atoms. The lowest BCUT2D eigenvalue weighted by Crippen LogP contribution is -2.00. The van der Waals surface area contributed by atoms with Gasteiger partial charge in [0.25, 0.3) is 0 Å². The summed E-state index contributed by atoms with van der Waals surface area (Å²) in [7, 11) is 1.81. The van der Waals surface area contributed by atoms with Crippen molar-refractivity contribution in [3.8, 4) is 5.75 Å². The minimum Gasteiger partial charge on any atom is -0.493 e. The Balaban J connectivity index is 1.73. The number of unbranched alkanes of at least 4 members (excludes halogenated alkanes) is 3. The molecule has 0 amide bonds. The first-order valence-electron chi connectivity index (χ1n) is 7.09. The molecule has 0 aliphatic heterocycles. The summed E-state index contributed by atoms with van der Waals surface area (Å²) in [6.45, 7) is 0.641. The van der Waals surface area contributed by atoms with Crippen molar-refractivity contribution in [2.75, 3.05) is 12.4 Å². The summed E-state index contributed by atoms with van der Waals surface area (Å²) in [5.74, 6) is 0.954. The first kappa shape index (κ1) is 16.1. The summed E-state index contributed by atoms with van der Waals surface area (Å²) in [6.07, 6.45) is 3.31. The van der Waals surface area contributed by atoms with E-state index in [0.717, 1.165) is 30.4 Å².